The molecule has 0 saturated carbocycles. The highest BCUT2D eigenvalue weighted by Crippen LogP contribution is 2.23. The lowest BCUT2D eigenvalue weighted by molar-refractivity contribution is -0.136. The molecule has 0 aliphatic carbocycles. The third kappa shape index (κ3) is 4.24. The number of para-hydroxylation sites is 1. The molecule has 19 heavy (non-hydrogen) atoms. The van der Waals surface area contributed by atoms with Crippen LogP contribution in [0.3, 0.4) is 0 Å². The number of carboxylic acid groups (broad SMARTS) is 1. The monoisotopic (exact) mass is 263 g/mol. The summed E-state index contributed by atoms with van der Waals surface area (Å²) in [6, 6.07) is 7.44. The molecule has 0 aromatic heterocycles. The standard InChI is InChI=1S/C15H21NO3/c1-16-9-4-6-13(8-10-16)19-14-7-3-2-5-12(14)11-15(17)18/h2-3,5,7,13H,4,6,8-11H2,1H3,(H,17,18). The molecule has 104 valence electrons. The topological polar surface area (TPSA) is 49.8 Å². The fraction of sp³-hybridized carbons (Fsp3) is 0.533. The van der Waals surface area contributed by atoms with Crippen LogP contribution in [0, 0.1) is 0 Å². The van der Waals surface area contributed by atoms with Crippen LogP contribution in [-0.4, -0.2) is 42.2 Å². The maximum atomic E-state index is 10.8. The Kier molecular flexibility index (Phi) is 4.80. The molecule has 1 saturated heterocycles. The molecular formula is C15H21NO3. The summed E-state index contributed by atoms with van der Waals surface area (Å²) >= 11 is 0. The van der Waals surface area contributed by atoms with E-state index >= 15 is 0 Å². The zero-order valence-electron chi connectivity index (χ0n) is 11.3. The Bertz CT molecular complexity index is 433. The Hall–Kier alpha value is -1.55. The van der Waals surface area contributed by atoms with E-state index in [1.54, 1.807) is 0 Å². The van der Waals surface area contributed by atoms with Crippen LogP contribution in [0.25, 0.3) is 0 Å². The van der Waals surface area contributed by atoms with Gasteiger partial charge in [-0.25, -0.2) is 0 Å². The fourth-order valence-corrected chi connectivity index (χ4v) is 2.43. The fourth-order valence-electron chi connectivity index (χ4n) is 2.43. The largest absolute Gasteiger partial charge is 0.490 e. The van der Waals surface area contributed by atoms with E-state index in [2.05, 4.69) is 11.9 Å². The smallest absolute Gasteiger partial charge is 0.307 e. The second-order valence-corrected chi connectivity index (χ2v) is 5.15. The first-order valence-electron chi connectivity index (χ1n) is 6.80. The van der Waals surface area contributed by atoms with E-state index < -0.39 is 5.97 Å². The molecule has 1 aliphatic rings. The molecule has 1 atom stereocenters. The molecular weight excluding hydrogens is 242 g/mol. The van der Waals surface area contributed by atoms with Gasteiger partial charge in [-0.1, -0.05) is 18.2 Å². The number of hydrogen-bond donors (Lipinski definition) is 1. The Morgan fingerprint density at radius 2 is 2.16 bits per heavy atom. The number of rotatable bonds is 4. The maximum absolute atomic E-state index is 10.8. The molecule has 0 radical (unpaired) electrons. The minimum Gasteiger partial charge on any atom is -0.490 e. The predicted octanol–water partition coefficient (Wildman–Crippen LogP) is 2.18. The van der Waals surface area contributed by atoms with Crippen LogP contribution in [-0.2, 0) is 11.2 Å². The summed E-state index contributed by atoms with van der Waals surface area (Å²) in [5.41, 5.74) is 0.757. The predicted molar refractivity (Wildman–Crippen MR) is 73.5 cm³/mol. The van der Waals surface area contributed by atoms with Crippen molar-refractivity contribution in [2.24, 2.45) is 0 Å². The molecule has 0 spiro atoms. The molecule has 0 amide bonds. The third-order valence-corrected chi connectivity index (χ3v) is 3.51. The SMILES string of the molecule is CN1CCCC(Oc2ccccc2CC(=O)O)CC1. The number of ether oxygens (including phenoxy) is 1. The van der Waals surface area contributed by atoms with Gasteiger partial charge in [-0.2, -0.15) is 0 Å². The molecule has 0 bridgehead atoms. The summed E-state index contributed by atoms with van der Waals surface area (Å²) in [4.78, 5) is 13.2. The zero-order chi connectivity index (χ0) is 13.7. The average Bonchev–Trinajstić information content (AvgIpc) is 2.56. The van der Waals surface area contributed by atoms with Crippen LogP contribution in [0.2, 0.25) is 0 Å². The lowest BCUT2D eigenvalue weighted by Gasteiger charge is -2.19. The summed E-state index contributed by atoms with van der Waals surface area (Å²) in [6.07, 6.45) is 3.37. The number of nitrogens with zero attached hydrogens (tertiary/aromatic N) is 1. The van der Waals surface area contributed by atoms with Gasteiger partial charge in [0, 0.05) is 12.1 Å². The van der Waals surface area contributed by atoms with Crippen molar-refractivity contribution in [3.8, 4) is 5.75 Å². The molecule has 1 heterocycles. The van der Waals surface area contributed by atoms with Crippen LogP contribution < -0.4 is 4.74 Å². The van der Waals surface area contributed by atoms with Gasteiger partial charge in [-0.05, 0) is 38.9 Å². The van der Waals surface area contributed by atoms with Gasteiger partial charge in [0.2, 0.25) is 0 Å². The zero-order valence-corrected chi connectivity index (χ0v) is 11.3. The van der Waals surface area contributed by atoms with Crippen molar-refractivity contribution in [2.45, 2.75) is 31.8 Å². The van der Waals surface area contributed by atoms with Gasteiger partial charge in [0.25, 0.3) is 0 Å². The molecule has 1 N–H and O–H groups in total. The summed E-state index contributed by atoms with van der Waals surface area (Å²) < 4.78 is 6.03. The van der Waals surface area contributed by atoms with Crippen LogP contribution in [0.1, 0.15) is 24.8 Å². The first kappa shape index (κ1) is 13.9. The lowest BCUT2D eigenvalue weighted by atomic mass is 10.1. The second-order valence-electron chi connectivity index (χ2n) is 5.15. The Balaban J connectivity index is 2.03. The van der Waals surface area contributed by atoms with Gasteiger partial charge < -0.3 is 14.7 Å². The summed E-state index contributed by atoms with van der Waals surface area (Å²) in [5.74, 6) is -0.101. The van der Waals surface area contributed by atoms with Gasteiger partial charge >= 0.3 is 5.97 Å². The Morgan fingerprint density at radius 3 is 2.95 bits per heavy atom. The molecule has 1 aromatic carbocycles. The number of carboxylic acids is 1. The summed E-state index contributed by atoms with van der Waals surface area (Å²) in [6.45, 7) is 2.14. The van der Waals surface area contributed by atoms with Gasteiger partial charge in [0.1, 0.15) is 5.75 Å². The van der Waals surface area contributed by atoms with E-state index in [-0.39, 0.29) is 12.5 Å². The Morgan fingerprint density at radius 1 is 1.37 bits per heavy atom. The van der Waals surface area contributed by atoms with Crippen molar-refractivity contribution in [2.75, 3.05) is 20.1 Å². The molecule has 1 aromatic rings. The number of carbonyl (C=O) groups is 1. The highest BCUT2D eigenvalue weighted by Gasteiger charge is 2.17. The molecule has 4 nitrogen and oxygen atoms in total. The normalized spacial score (nSPS) is 20.8. The Labute approximate surface area is 114 Å². The van der Waals surface area contributed by atoms with Crippen molar-refractivity contribution in [1.82, 2.24) is 4.90 Å². The second kappa shape index (κ2) is 6.57. The van der Waals surface area contributed by atoms with Crippen molar-refractivity contribution in [3.05, 3.63) is 29.8 Å². The number of hydrogen-bond acceptors (Lipinski definition) is 3. The van der Waals surface area contributed by atoms with E-state index in [9.17, 15) is 4.79 Å². The van der Waals surface area contributed by atoms with E-state index in [4.69, 9.17) is 9.84 Å². The highest BCUT2D eigenvalue weighted by molar-refractivity contribution is 5.71. The summed E-state index contributed by atoms with van der Waals surface area (Å²) in [7, 11) is 2.13. The van der Waals surface area contributed by atoms with Gasteiger partial charge in [0.15, 0.2) is 0 Å². The van der Waals surface area contributed by atoms with Crippen molar-refractivity contribution in [3.63, 3.8) is 0 Å². The van der Waals surface area contributed by atoms with E-state index in [0.29, 0.717) is 0 Å². The van der Waals surface area contributed by atoms with Gasteiger partial charge in [0.05, 0.1) is 12.5 Å². The number of likely N-dealkylation sites (tertiary alicyclic amines) is 1. The first-order valence-corrected chi connectivity index (χ1v) is 6.80. The van der Waals surface area contributed by atoms with E-state index in [1.165, 1.54) is 0 Å². The quantitative estimate of drug-likeness (QED) is 0.904. The minimum atomic E-state index is -0.823. The highest BCUT2D eigenvalue weighted by atomic mass is 16.5. The molecule has 2 rings (SSSR count). The number of benzene rings is 1. The van der Waals surface area contributed by atoms with Crippen molar-refractivity contribution >= 4 is 5.97 Å². The first-order chi connectivity index (χ1) is 9.15. The van der Waals surface area contributed by atoms with Crippen LogP contribution in [0.4, 0.5) is 0 Å². The lowest BCUT2D eigenvalue weighted by Crippen LogP contribution is -2.22. The maximum Gasteiger partial charge on any atom is 0.307 e. The van der Waals surface area contributed by atoms with Gasteiger partial charge in [-0.3, -0.25) is 4.79 Å². The summed E-state index contributed by atoms with van der Waals surface area (Å²) in [5, 5.41) is 8.91. The van der Waals surface area contributed by atoms with Crippen LogP contribution >= 0.6 is 0 Å². The number of aliphatic carboxylic acids is 1. The third-order valence-electron chi connectivity index (χ3n) is 3.51. The molecule has 1 unspecified atom stereocenters. The van der Waals surface area contributed by atoms with Crippen LogP contribution in [0.15, 0.2) is 24.3 Å². The van der Waals surface area contributed by atoms with Crippen molar-refractivity contribution < 1.29 is 14.6 Å². The minimum absolute atomic E-state index is 0.0167. The molecule has 1 fully saturated rings. The molecule has 1 aliphatic heterocycles. The van der Waals surface area contributed by atoms with Crippen molar-refractivity contribution in [1.29, 1.82) is 0 Å². The molecule has 4 heteroatoms. The average molecular weight is 263 g/mol. The van der Waals surface area contributed by atoms with E-state index in [0.717, 1.165) is 43.7 Å². The van der Waals surface area contributed by atoms with Crippen LogP contribution in [0.5, 0.6) is 5.75 Å². The van der Waals surface area contributed by atoms with Gasteiger partial charge in [-0.15, -0.1) is 0 Å². The van der Waals surface area contributed by atoms with E-state index in [1.807, 2.05) is 24.3 Å².